The number of ether oxygens (including phenoxy) is 1. The fourth-order valence-electron chi connectivity index (χ4n) is 1.53. The van der Waals surface area contributed by atoms with Crippen molar-refractivity contribution in [3.63, 3.8) is 0 Å². The standard InChI is InChI=1S/C15H14ClN3O3S/c1-10(14(21)19-15-17-7-2-8-18-15)22-13(20)9-23-12-5-3-11(16)4-6-12/h2-8,10H,9H2,1H3,(H,17,18,19,21)/t10-/m1/s1. The zero-order valence-corrected chi connectivity index (χ0v) is 13.8. The molecule has 1 aromatic carbocycles. The molecule has 0 aliphatic carbocycles. The van der Waals surface area contributed by atoms with Crippen molar-refractivity contribution in [1.82, 2.24) is 9.97 Å². The molecule has 0 fully saturated rings. The smallest absolute Gasteiger partial charge is 0.317 e. The molecule has 2 aromatic rings. The molecule has 8 heteroatoms. The highest BCUT2D eigenvalue weighted by Gasteiger charge is 2.18. The van der Waals surface area contributed by atoms with Crippen LogP contribution in [0.5, 0.6) is 0 Å². The third-order valence-electron chi connectivity index (χ3n) is 2.65. The molecule has 0 saturated carbocycles. The Morgan fingerprint density at radius 1 is 1.26 bits per heavy atom. The number of amides is 1. The van der Waals surface area contributed by atoms with E-state index in [9.17, 15) is 9.59 Å². The van der Waals surface area contributed by atoms with Gasteiger partial charge < -0.3 is 4.74 Å². The summed E-state index contributed by atoms with van der Waals surface area (Å²) in [4.78, 5) is 32.3. The average molecular weight is 352 g/mol. The molecule has 6 nitrogen and oxygen atoms in total. The Bertz CT molecular complexity index is 667. The Hall–Kier alpha value is -2.12. The lowest BCUT2D eigenvalue weighted by Crippen LogP contribution is -2.31. The van der Waals surface area contributed by atoms with Crippen molar-refractivity contribution in [3.05, 3.63) is 47.7 Å². The van der Waals surface area contributed by atoms with Crippen molar-refractivity contribution in [2.24, 2.45) is 0 Å². The fourth-order valence-corrected chi connectivity index (χ4v) is 2.34. The number of aromatic nitrogens is 2. The maximum atomic E-state index is 11.9. The lowest BCUT2D eigenvalue weighted by molar-refractivity contribution is -0.150. The predicted molar refractivity (Wildman–Crippen MR) is 88.4 cm³/mol. The number of hydrogen-bond donors (Lipinski definition) is 1. The Balaban J connectivity index is 1.77. The molecule has 1 amide bonds. The minimum Gasteiger partial charge on any atom is -0.452 e. The molecule has 0 saturated heterocycles. The highest BCUT2D eigenvalue weighted by Crippen LogP contribution is 2.20. The van der Waals surface area contributed by atoms with E-state index in [0.717, 1.165) is 4.90 Å². The summed E-state index contributed by atoms with van der Waals surface area (Å²) >= 11 is 7.09. The van der Waals surface area contributed by atoms with Gasteiger partial charge in [-0.15, -0.1) is 11.8 Å². The van der Waals surface area contributed by atoms with E-state index in [4.69, 9.17) is 16.3 Å². The van der Waals surface area contributed by atoms with Crippen LogP contribution in [-0.4, -0.2) is 33.7 Å². The van der Waals surface area contributed by atoms with Crippen LogP contribution in [0.1, 0.15) is 6.92 Å². The number of anilines is 1. The number of nitrogens with one attached hydrogen (secondary N) is 1. The van der Waals surface area contributed by atoms with Crippen LogP contribution in [0.4, 0.5) is 5.95 Å². The van der Waals surface area contributed by atoms with E-state index < -0.39 is 18.0 Å². The molecule has 0 radical (unpaired) electrons. The van der Waals surface area contributed by atoms with Crippen LogP contribution < -0.4 is 5.32 Å². The Kier molecular flexibility index (Phi) is 6.37. The molecular formula is C15H14ClN3O3S. The summed E-state index contributed by atoms with van der Waals surface area (Å²) in [5.41, 5.74) is 0. The molecule has 2 rings (SSSR count). The number of esters is 1. The van der Waals surface area contributed by atoms with E-state index in [1.54, 1.807) is 18.2 Å². The van der Waals surface area contributed by atoms with Gasteiger partial charge in [-0.3, -0.25) is 14.9 Å². The van der Waals surface area contributed by atoms with Crippen LogP contribution >= 0.6 is 23.4 Å². The summed E-state index contributed by atoms with van der Waals surface area (Å²) in [5, 5.41) is 3.10. The lowest BCUT2D eigenvalue weighted by atomic mass is 10.4. The van der Waals surface area contributed by atoms with Gasteiger partial charge >= 0.3 is 5.97 Å². The van der Waals surface area contributed by atoms with Crippen LogP contribution in [-0.2, 0) is 14.3 Å². The molecule has 0 bridgehead atoms. The number of thioether (sulfide) groups is 1. The maximum absolute atomic E-state index is 11.9. The summed E-state index contributed by atoms with van der Waals surface area (Å²) in [7, 11) is 0. The third kappa shape index (κ3) is 5.88. The van der Waals surface area contributed by atoms with Gasteiger partial charge in [-0.25, -0.2) is 9.97 Å². The van der Waals surface area contributed by atoms with Gasteiger partial charge in [-0.1, -0.05) is 11.6 Å². The van der Waals surface area contributed by atoms with E-state index in [0.29, 0.717) is 5.02 Å². The van der Waals surface area contributed by atoms with E-state index in [1.807, 2.05) is 12.1 Å². The van der Waals surface area contributed by atoms with Gasteiger partial charge in [0.25, 0.3) is 5.91 Å². The fraction of sp³-hybridized carbons (Fsp3) is 0.200. The van der Waals surface area contributed by atoms with Crippen molar-refractivity contribution in [2.45, 2.75) is 17.9 Å². The molecule has 23 heavy (non-hydrogen) atoms. The third-order valence-corrected chi connectivity index (χ3v) is 3.89. The van der Waals surface area contributed by atoms with Gasteiger partial charge in [0, 0.05) is 22.3 Å². The monoisotopic (exact) mass is 351 g/mol. The minimum atomic E-state index is -0.933. The van der Waals surface area contributed by atoms with E-state index in [-0.39, 0.29) is 11.7 Å². The molecule has 1 N–H and O–H groups in total. The molecule has 1 aromatic heterocycles. The number of carbonyl (C=O) groups is 2. The Morgan fingerprint density at radius 2 is 1.91 bits per heavy atom. The molecule has 0 aliphatic rings. The van der Waals surface area contributed by atoms with Crippen molar-refractivity contribution >= 4 is 41.2 Å². The largest absolute Gasteiger partial charge is 0.452 e. The first kappa shape index (κ1) is 17.2. The van der Waals surface area contributed by atoms with Gasteiger partial charge in [0.2, 0.25) is 5.95 Å². The Morgan fingerprint density at radius 3 is 2.57 bits per heavy atom. The number of nitrogens with zero attached hydrogens (tertiary/aromatic N) is 2. The number of hydrogen-bond acceptors (Lipinski definition) is 6. The predicted octanol–water partition coefficient (Wildman–Crippen LogP) is 2.79. The highest BCUT2D eigenvalue weighted by molar-refractivity contribution is 8.00. The molecule has 1 atom stereocenters. The van der Waals surface area contributed by atoms with Crippen LogP contribution in [0.15, 0.2) is 47.6 Å². The van der Waals surface area contributed by atoms with Crippen molar-refractivity contribution in [2.75, 3.05) is 11.1 Å². The second-order valence-electron chi connectivity index (χ2n) is 4.44. The zero-order chi connectivity index (χ0) is 16.7. The first-order chi connectivity index (χ1) is 11.0. The second kappa shape index (κ2) is 8.50. The summed E-state index contributed by atoms with van der Waals surface area (Å²) in [6.07, 6.45) is 2.07. The van der Waals surface area contributed by atoms with Crippen molar-refractivity contribution in [3.8, 4) is 0 Å². The highest BCUT2D eigenvalue weighted by atomic mass is 35.5. The normalized spacial score (nSPS) is 11.6. The number of carbonyl (C=O) groups excluding carboxylic acids is 2. The van der Waals surface area contributed by atoms with Crippen LogP contribution in [0.2, 0.25) is 5.02 Å². The summed E-state index contributed by atoms with van der Waals surface area (Å²) in [5.74, 6) is -0.709. The van der Waals surface area contributed by atoms with Crippen molar-refractivity contribution < 1.29 is 14.3 Å². The Labute approximate surface area is 142 Å². The van der Waals surface area contributed by atoms with E-state index in [2.05, 4.69) is 15.3 Å². The molecule has 0 unspecified atom stereocenters. The van der Waals surface area contributed by atoms with E-state index >= 15 is 0 Å². The zero-order valence-electron chi connectivity index (χ0n) is 12.2. The van der Waals surface area contributed by atoms with Gasteiger partial charge in [-0.2, -0.15) is 0 Å². The minimum absolute atomic E-state index is 0.0983. The van der Waals surface area contributed by atoms with Gasteiger partial charge in [-0.05, 0) is 37.3 Å². The first-order valence-corrected chi connectivity index (χ1v) is 8.06. The van der Waals surface area contributed by atoms with Gasteiger partial charge in [0.15, 0.2) is 6.10 Å². The van der Waals surface area contributed by atoms with E-state index in [1.165, 1.54) is 31.1 Å². The molecule has 120 valence electrons. The number of benzene rings is 1. The first-order valence-electron chi connectivity index (χ1n) is 6.70. The van der Waals surface area contributed by atoms with Crippen LogP contribution in [0.3, 0.4) is 0 Å². The summed E-state index contributed by atoms with van der Waals surface area (Å²) in [6.45, 7) is 1.49. The molecule has 1 heterocycles. The lowest BCUT2D eigenvalue weighted by Gasteiger charge is -2.12. The quantitative estimate of drug-likeness (QED) is 0.636. The summed E-state index contributed by atoms with van der Waals surface area (Å²) in [6, 6.07) is 8.73. The van der Waals surface area contributed by atoms with Gasteiger partial charge in [0.05, 0.1) is 5.75 Å². The van der Waals surface area contributed by atoms with Crippen LogP contribution in [0, 0.1) is 0 Å². The molecule has 0 spiro atoms. The molecule has 0 aliphatic heterocycles. The second-order valence-corrected chi connectivity index (χ2v) is 5.92. The number of halogens is 1. The molecular weight excluding hydrogens is 338 g/mol. The van der Waals surface area contributed by atoms with Crippen molar-refractivity contribution in [1.29, 1.82) is 0 Å². The average Bonchev–Trinajstić information content (AvgIpc) is 2.55. The number of rotatable bonds is 6. The maximum Gasteiger partial charge on any atom is 0.317 e. The summed E-state index contributed by atoms with van der Waals surface area (Å²) < 4.78 is 5.08. The SMILES string of the molecule is C[C@@H](OC(=O)CSc1ccc(Cl)cc1)C(=O)Nc1ncccn1. The van der Waals surface area contributed by atoms with Gasteiger partial charge in [0.1, 0.15) is 0 Å². The van der Waals surface area contributed by atoms with Crippen LogP contribution in [0.25, 0.3) is 0 Å². The topological polar surface area (TPSA) is 81.2 Å².